The van der Waals surface area contributed by atoms with E-state index in [9.17, 15) is 14.4 Å². The molecule has 1 atom stereocenters. The van der Waals surface area contributed by atoms with Crippen molar-refractivity contribution >= 4 is 23.5 Å². The van der Waals surface area contributed by atoms with Gasteiger partial charge in [-0.3, -0.25) is 19.2 Å². The van der Waals surface area contributed by atoms with Gasteiger partial charge in [-0.25, -0.2) is 4.79 Å². The number of imide groups is 1. The van der Waals surface area contributed by atoms with Crippen LogP contribution in [0, 0.1) is 13.8 Å². The molecule has 9 nitrogen and oxygen atoms in total. The molecule has 154 valence electrons. The van der Waals surface area contributed by atoms with Gasteiger partial charge in [-0.05, 0) is 38.0 Å². The van der Waals surface area contributed by atoms with Crippen LogP contribution in [0.5, 0.6) is 5.75 Å². The van der Waals surface area contributed by atoms with Gasteiger partial charge in [0.2, 0.25) is 5.91 Å². The Labute approximate surface area is 169 Å². The van der Waals surface area contributed by atoms with Crippen LogP contribution in [-0.4, -0.2) is 46.2 Å². The minimum absolute atomic E-state index is 0.350. The number of aromatic nitrogens is 2. The lowest BCUT2D eigenvalue weighted by molar-refractivity contribution is -0.134. The van der Waals surface area contributed by atoms with E-state index in [1.54, 1.807) is 50.0 Å². The van der Waals surface area contributed by atoms with Gasteiger partial charge in [0, 0.05) is 7.05 Å². The Morgan fingerprint density at radius 1 is 1.24 bits per heavy atom. The number of hydrogen-bond donors (Lipinski definition) is 2. The van der Waals surface area contributed by atoms with E-state index in [-0.39, 0.29) is 6.54 Å². The summed E-state index contributed by atoms with van der Waals surface area (Å²) in [5.41, 5.74) is 1.47. The zero-order chi connectivity index (χ0) is 21.3. The lowest BCUT2D eigenvalue weighted by atomic mass is 9.87. The fourth-order valence-corrected chi connectivity index (χ4v) is 3.56. The van der Waals surface area contributed by atoms with Gasteiger partial charge >= 0.3 is 6.03 Å². The van der Waals surface area contributed by atoms with Gasteiger partial charge in [-0.1, -0.05) is 19.1 Å². The van der Waals surface area contributed by atoms with E-state index >= 15 is 0 Å². The summed E-state index contributed by atoms with van der Waals surface area (Å²) in [6.45, 7) is 5.04. The lowest BCUT2D eigenvalue weighted by Crippen LogP contribution is -2.44. The Balaban J connectivity index is 1.81. The first kappa shape index (κ1) is 20.4. The number of carbonyl (C=O) groups is 3. The van der Waals surface area contributed by atoms with Crippen LogP contribution in [0.3, 0.4) is 0 Å². The molecular weight excluding hydrogens is 374 g/mol. The average Bonchev–Trinajstić information content (AvgIpc) is 3.09. The van der Waals surface area contributed by atoms with Crippen LogP contribution in [-0.2, 0) is 22.2 Å². The van der Waals surface area contributed by atoms with E-state index < -0.39 is 23.4 Å². The number of nitrogens with one attached hydrogen (secondary N) is 2. The van der Waals surface area contributed by atoms with Gasteiger partial charge in [0.1, 0.15) is 17.8 Å². The number of amides is 4. The summed E-state index contributed by atoms with van der Waals surface area (Å²) in [7, 11) is 3.33. The number of benzene rings is 1. The van der Waals surface area contributed by atoms with Crippen LogP contribution in [0.25, 0.3) is 0 Å². The van der Waals surface area contributed by atoms with Crippen LogP contribution < -0.4 is 15.4 Å². The number of anilines is 1. The van der Waals surface area contributed by atoms with E-state index in [0.29, 0.717) is 29.1 Å². The van der Waals surface area contributed by atoms with Crippen molar-refractivity contribution < 1.29 is 19.1 Å². The van der Waals surface area contributed by atoms with Crippen molar-refractivity contribution in [3.63, 3.8) is 0 Å². The van der Waals surface area contributed by atoms with Crippen molar-refractivity contribution in [3.8, 4) is 5.75 Å². The van der Waals surface area contributed by atoms with Gasteiger partial charge in [0.15, 0.2) is 0 Å². The molecule has 0 radical (unpaired) electrons. The molecule has 3 rings (SSSR count). The maximum Gasteiger partial charge on any atom is 0.325 e. The summed E-state index contributed by atoms with van der Waals surface area (Å²) in [5, 5.41) is 9.77. The number of ether oxygens (including phenoxy) is 1. The molecule has 1 fully saturated rings. The summed E-state index contributed by atoms with van der Waals surface area (Å²) < 4.78 is 6.81. The monoisotopic (exact) mass is 399 g/mol. The van der Waals surface area contributed by atoms with Gasteiger partial charge < -0.3 is 15.4 Å². The molecule has 4 amide bonds. The summed E-state index contributed by atoms with van der Waals surface area (Å²) in [5.74, 6) is -0.269. The minimum Gasteiger partial charge on any atom is -0.497 e. The van der Waals surface area contributed by atoms with Crippen molar-refractivity contribution in [3.05, 3.63) is 41.2 Å². The van der Waals surface area contributed by atoms with Crippen LogP contribution in [0.4, 0.5) is 10.5 Å². The standard InChI is InChI=1S/C20H25N5O4/c1-6-20(14-7-9-15(29-5)10-8-14)18(27)25(19(28)22-20)11-16(26)21-17-12(2)23-24(4)13(17)3/h7-10H,6,11H2,1-5H3,(H,21,26)(H,22,28)/t20-/m0/s1. The number of aryl methyl sites for hydroxylation is 2. The highest BCUT2D eigenvalue weighted by Crippen LogP contribution is 2.33. The largest absolute Gasteiger partial charge is 0.497 e. The highest BCUT2D eigenvalue weighted by Gasteiger charge is 2.51. The topological polar surface area (TPSA) is 106 Å². The van der Waals surface area contributed by atoms with Gasteiger partial charge in [0.05, 0.1) is 24.2 Å². The van der Waals surface area contributed by atoms with Gasteiger partial charge in [0.25, 0.3) is 5.91 Å². The third-order valence-electron chi connectivity index (χ3n) is 5.36. The molecule has 0 unspecified atom stereocenters. The molecule has 1 aromatic carbocycles. The summed E-state index contributed by atoms with van der Waals surface area (Å²) in [4.78, 5) is 39.2. The van der Waals surface area contributed by atoms with Crippen LogP contribution in [0.15, 0.2) is 24.3 Å². The Hall–Kier alpha value is -3.36. The molecule has 0 saturated carbocycles. The smallest absolute Gasteiger partial charge is 0.325 e. The van der Waals surface area contributed by atoms with Crippen molar-refractivity contribution in [1.82, 2.24) is 20.0 Å². The molecule has 0 spiro atoms. The third-order valence-corrected chi connectivity index (χ3v) is 5.36. The zero-order valence-corrected chi connectivity index (χ0v) is 17.2. The molecule has 1 saturated heterocycles. The molecule has 2 aromatic rings. The molecule has 1 aromatic heterocycles. The maximum absolute atomic E-state index is 13.2. The summed E-state index contributed by atoms with van der Waals surface area (Å²) >= 11 is 0. The Morgan fingerprint density at radius 3 is 2.41 bits per heavy atom. The zero-order valence-electron chi connectivity index (χ0n) is 17.2. The summed E-state index contributed by atoms with van der Waals surface area (Å²) in [6.07, 6.45) is 0.350. The molecule has 0 bridgehead atoms. The Morgan fingerprint density at radius 2 is 1.90 bits per heavy atom. The van der Waals surface area contributed by atoms with Crippen LogP contribution in [0.2, 0.25) is 0 Å². The predicted molar refractivity (Wildman–Crippen MR) is 107 cm³/mol. The van der Waals surface area contributed by atoms with Gasteiger partial charge in [-0.2, -0.15) is 5.10 Å². The SMILES string of the molecule is CC[C@@]1(c2ccc(OC)cc2)NC(=O)N(CC(=O)Nc2c(C)nn(C)c2C)C1=O. The fraction of sp³-hybridized carbons (Fsp3) is 0.400. The average molecular weight is 399 g/mol. The molecule has 1 aliphatic rings. The Kier molecular flexibility index (Phi) is 5.32. The first-order chi connectivity index (χ1) is 13.7. The first-order valence-corrected chi connectivity index (χ1v) is 9.32. The van der Waals surface area contributed by atoms with E-state index in [1.165, 1.54) is 0 Å². The molecule has 0 aliphatic carbocycles. The number of urea groups is 1. The third kappa shape index (κ3) is 3.43. The maximum atomic E-state index is 13.2. The summed E-state index contributed by atoms with van der Waals surface area (Å²) in [6, 6.07) is 6.35. The quantitative estimate of drug-likeness (QED) is 0.721. The molecule has 2 N–H and O–H groups in total. The van der Waals surface area contributed by atoms with Crippen molar-refractivity contribution in [2.24, 2.45) is 7.05 Å². The van der Waals surface area contributed by atoms with Crippen LogP contribution in [0.1, 0.15) is 30.3 Å². The first-order valence-electron chi connectivity index (χ1n) is 9.32. The predicted octanol–water partition coefficient (Wildman–Crippen LogP) is 1.84. The highest BCUT2D eigenvalue weighted by molar-refractivity contribution is 6.10. The lowest BCUT2D eigenvalue weighted by Gasteiger charge is -2.26. The van der Waals surface area contributed by atoms with E-state index in [1.807, 2.05) is 13.8 Å². The van der Waals surface area contributed by atoms with Crippen molar-refractivity contribution in [2.75, 3.05) is 19.0 Å². The van der Waals surface area contributed by atoms with Gasteiger partial charge in [-0.15, -0.1) is 0 Å². The highest BCUT2D eigenvalue weighted by atomic mass is 16.5. The minimum atomic E-state index is -1.20. The Bertz CT molecular complexity index is 966. The number of methoxy groups -OCH3 is 1. The molecule has 9 heteroatoms. The second-order valence-corrected chi connectivity index (χ2v) is 7.03. The normalized spacial score (nSPS) is 18.7. The molecule has 2 heterocycles. The van der Waals surface area contributed by atoms with E-state index in [2.05, 4.69) is 15.7 Å². The molecule has 29 heavy (non-hydrogen) atoms. The molecule has 1 aliphatic heterocycles. The second-order valence-electron chi connectivity index (χ2n) is 7.03. The van der Waals surface area contributed by atoms with Crippen LogP contribution >= 0.6 is 0 Å². The molecular formula is C20H25N5O4. The van der Waals surface area contributed by atoms with Crippen molar-refractivity contribution in [1.29, 1.82) is 0 Å². The number of hydrogen-bond acceptors (Lipinski definition) is 5. The number of nitrogens with zero attached hydrogens (tertiary/aromatic N) is 3. The number of rotatable bonds is 6. The van der Waals surface area contributed by atoms with E-state index in [4.69, 9.17) is 4.74 Å². The van der Waals surface area contributed by atoms with Crippen molar-refractivity contribution in [2.45, 2.75) is 32.7 Å². The second kappa shape index (κ2) is 7.57. The fourth-order valence-electron chi connectivity index (χ4n) is 3.56. The number of carbonyl (C=O) groups excluding carboxylic acids is 3. The van der Waals surface area contributed by atoms with E-state index in [0.717, 1.165) is 10.6 Å².